The highest BCUT2D eigenvalue weighted by Gasteiger charge is 2.22. The lowest BCUT2D eigenvalue weighted by atomic mass is 9.99. The standard InChI is InChI=1S/C25H27N3O3/c1-31-21-12-6-11-20(16-21)19-10-5-9-18(13-19)14-22(26)25(30)28-23(24(27)29)15-17-7-3-2-4-8-17/h2-13,16,22-23H,14-15,26H2,1H3,(H2,27,29)(H,28,30)/t22?,23-/m0/s1. The van der Waals surface area contributed by atoms with Gasteiger partial charge in [-0.3, -0.25) is 9.59 Å². The van der Waals surface area contributed by atoms with Gasteiger partial charge in [0, 0.05) is 6.42 Å². The van der Waals surface area contributed by atoms with Gasteiger partial charge in [0.2, 0.25) is 11.8 Å². The zero-order valence-electron chi connectivity index (χ0n) is 17.5. The molecule has 6 nitrogen and oxygen atoms in total. The van der Waals surface area contributed by atoms with Crippen LogP contribution in [0.5, 0.6) is 5.75 Å². The maximum Gasteiger partial charge on any atom is 0.240 e. The van der Waals surface area contributed by atoms with E-state index in [0.717, 1.165) is 28.0 Å². The molecule has 0 fully saturated rings. The number of nitrogens with one attached hydrogen (secondary N) is 1. The summed E-state index contributed by atoms with van der Waals surface area (Å²) >= 11 is 0. The SMILES string of the molecule is COc1cccc(-c2cccc(CC(N)C(=O)N[C@@H](Cc3ccccc3)C(N)=O)c2)c1. The number of methoxy groups -OCH3 is 1. The Bertz CT molecular complexity index is 1040. The minimum Gasteiger partial charge on any atom is -0.497 e. The minimum absolute atomic E-state index is 0.319. The van der Waals surface area contributed by atoms with E-state index in [0.29, 0.717) is 12.8 Å². The van der Waals surface area contributed by atoms with Crippen molar-refractivity contribution >= 4 is 11.8 Å². The van der Waals surface area contributed by atoms with Gasteiger partial charge in [-0.1, -0.05) is 66.7 Å². The molecule has 0 saturated carbocycles. The lowest BCUT2D eigenvalue weighted by Gasteiger charge is -2.19. The highest BCUT2D eigenvalue weighted by Crippen LogP contribution is 2.24. The zero-order chi connectivity index (χ0) is 22.2. The van der Waals surface area contributed by atoms with Gasteiger partial charge in [0.1, 0.15) is 11.8 Å². The van der Waals surface area contributed by atoms with Crippen LogP contribution in [-0.4, -0.2) is 31.0 Å². The van der Waals surface area contributed by atoms with Crippen LogP contribution < -0.4 is 21.5 Å². The second-order valence-corrected chi connectivity index (χ2v) is 7.40. The molecule has 31 heavy (non-hydrogen) atoms. The highest BCUT2D eigenvalue weighted by atomic mass is 16.5. The topological polar surface area (TPSA) is 107 Å². The van der Waals surface area contributed by atoms with Gasteiger partial charge < -0.3 is 21.5 Å². The van der Waals surface area contributed by atoms with E-state index in [9.17, 15) is 9.59 Å². The molecule has 0 heterocycles. The first-order valence-electron chi connectivity index (χ1n) is 10.1. The van der Waals surface area contributed by atoms with E-state index in [1.807, 2.05) is 78.9 Å². The molecule has 0 aliphatic heterocycles. The third kappa shape index (κ3) is 6.17. The fraction of sp³-hybridized carbons (Fsp3) is 0.200. The number of benzene rings is 3. The zero-order valence-corrected chi connectivity index (χ0v) is 17.5. The molecule has 0 aliphatic carbocycles. The molecule has 2 atom stereocenters. The van der Waals surface area contributed by atoms with Gasteiger partial charge in [-0.15, -0.1) is 0 Å². The average Bonchev–Trinajstić information content (AvgIpc) is 2.79. The molecule has 1 unspecified atom stereocenters. The van der Waals surface area contributed by atoms with E-state index in [4.69, 9.17) is 16.2 Å². The van der Waals surface area contributed by atoms with Gasteiger partial charge in [0.05, 0.1) is 13.2 Å². The molecule has 0 radical (unpaired) electrons. The smallest absolute Gasteiger partial charge is 0.240 e. The Balaban J connectivity index is 1.66. The molecule has 160 valence electrons. The number of rotatable bonds is 9. The monoisotopic (exact) mass is 417 g/mol. The number of hydrogen-bond acceptors (Lipinski definition) is 4. The van der Waals surface area contributed by atoms with Crippen molar-refractivity contribution in [2.24, 2.45) is 11.5 Å². The molecule has 0 aromatic heterocycles. The fourth-order valence-corrected chi connectivity index (χ4v) is 3.38. The third-order valence-corrected chi connectivity index (χ3v) is 5.07. The van der Waals surface area contributed by atoms with Gasteiger partial charge in [0.25, 0.3) is 0 Å². The molecule has 5 N–H and O–H groups in total. The van der Waals surface area contributed by atoms with E-state index in [1.165, 1.54) is 0 Å². The molecule has 0 bridgehead atoms. The molecule has 3 rings (SSSR count). The molecule has 0 spiro atoms. The largest absolute Gasteiger partial charge is 0.497 e. The van der Waals surface area contributed by atoms with Crippen LogP contribution in [-0.2, 0) is 22.4 Å². The molecule has 0 saturated heterocycles. The fourth-order valence-electron chi connectivity index (χ4n) is 3.38. The lowest BCUT2D eigenvalue weighted by molar-refractivity contribution is -0.128. The van der Waals surface area contributed by atoms with Crippen molar-refractivity contribution in [1.82, 2.24) is 5.32 Å². The van der Waals surface area contributed by atoms with Crippen LogP contribution in [0.15, 0.2) is 78.9 Å². The molecule has 2 amide bonds. The summed E-state index contributed by atoms with van der Waals surface area (Å²) in [5.41, 5.74) is 15.5. The van der Waals surface area contributed by atoms with E-state index in [2.05, 4.69) is 5.32 Å². The van der Waals surface area contributed by atoms with Crippen LogP contribution in [0.2, 0.25) is 0 Å². The Labute approximate surface area is 182 Å². The van der Waals surface area contributed by atoms with E-state index in [-0.39, 0.29) is 0 Å². The van der Waals surface area contributed by atoms with Gasteiger partial charge >= 0.3 is 0 Å². The van der Waals surface area contributed by atoms with Crippen molar-refractivity contribution in [3.63, 3.8) is 0 Å². The Hall–Kier alpha value is -3.64. The molecule has 3 aromatic rings. The van der Waals surface area contributed by atoms with Crippen molar-refractivity contribution in [2.45, 2.75) is 24.9 Å². The normalized spacial score (nSPS) is 12.6. The third-order valence-electron chi connectivity index (χ3n) is 5.07. The van der Waals surface area contributed by atoms with Crippen LogP contribution in [0.25, 0.3) is 11.1 Å². The summed E-state index contributed by atoms with van der Waals surface area (Å²) in [6, 6.07) is 23.4. The van der Waals surface area contributed by atoms with Crippen molar-refractivity contribution in [3.8, 4) is 16.9 Å². The van der Waals surface area contributed by atoms with Crippen LogP contribution in [0.4, 0.5) is 0 Å². The summed E-state index contributed by atoms with van der Waals surface area (Å²) in [5, 5.41) is 2.69. The summed E-state index contributed by atoms with van der Waals surface area (Å²) in [4.78, 5) is 24.5. The number of ether oxygens (including phenoxy) is 1. The van der Waals surface area contributed by atoms with Gasteiger partial charge in [-0.25, -0.2) is 0 Å². The highest BCUT2D eigenvalue weighted by molar-refractivity contribution is 5.89. The predicted molar refractivity (Wildman–Crippen MR) is 121 cm³/mol. The van der Waals surface area contributed by atoms with Crippen molar-refractivity contribution in [1.29, 1.82) is 0 Å². The van der Waals surface area contributed by atoms with Crippen LogP contribution in [0, 0.1) is 0 Å². The number of primary amides is 1. The van der Waals surface area contributed by atoms with E-state index < -0.39 is 23.9 Å². The van der Waals surface area contributed by atoms with Crippen LogP contribution >= 0.6 is 0 Å². The Morgan fingerprint density at radius 2 is 1.52 bits per heavy atom. The molecule has 6 heteroatoms. The first kappa shape index (κ1) is 22.1. The second-order valence-electron chi connectivity index (χ2n) is 7.40. The molecular formula is C25H27N3O3. The molecule has 3 aromatic carbocycles. The Kier molecular flexibility index (Phi) is 7.40. The Morgan fingerprint density at radius 3 is 2.19 bits per heavy atom. The first-order chi connectivity index (χ1) is 15.0. The average molecular weight is 418 g/mol. The number of nitrogens with two attached hydrogens (primary N) is 2. The number of hydrogen-bond donors (Lipinski definition) is 3. The van der Waals surface area contributed by atoms with Gasteiger partial charge in [-0.05, 0) is 40.8 Å². The van der Waals surface area contributed by atoms with Crippen LogP contribution in [0.1, 0.15) is 11.1 Å². The van der Waals surface area contributed by atoms with Crippen molar-refractivity contribution in [3.05, 3.63) is 90.0 Å². The molecular weight excluding hydrogens is 390 g/mol. The number of amides is 2. The number of carbonyl (C=O) groups is 2. The minimum atomic E-state index is -0.816. The number of carbonyl (C=O) groups excluding carboxylic acids is 2. The predicted octanol–water partition coefficient (Wildman–Crippen LogP) is 2.44. The maximum absolute atomic E-state index is 12.6. The lowest BCUT2D eigenvalue weighted by Crippen LogP contribution is -2.51. The van der Waals surface area contributed by atoms with Crippen LogP contribution in [0.3, 0.4) is 0 Å². The maximum atomic E-state index is 12.6. The van der Waals surface area contributed by atoms with Gasteiger partial charge in [-0.2, -0.15) is 0 Å². The summed E-state index contributed by atoms with van der Waals surface area (Å²) < 4.78 is 5.29. The second kappa shape index (κ2) is 10.4. The van der Waals surface area contributed by atoms with Crippen molar-refractivity contribution in [2.75, 3.05) is 7.11 Å². The van der Waals surface area contributed by atoms with E-state index >= 15 is 0 Å². The summed E-state index contributed by atoms with van der Waals surface area (Å²) in [6.07, 6.45) is 0.653. The van der Waals surface area contributed by atoms with Gasteiger partial charge in [0.15, 0.2) is 0 Å². The van der Waals surface area contributed by atoms with Crippen molar-refractivity contribution < 1.29 is 14.3 Å². The Morgan fingerprint density at radius 1 is 0.871 bits per heavy atom. The first-order valence-corrected chi connectivity index (χ1v) is 10.1. The quantitative estimate of drug-likeness (QED) is 0.497. The summed E-state index contributed by atoms with van der Waals surface area (Å²) in [6.45, 7) is 0. The molecule has 0 aliphatic rings. The summed E-state index contributed by atoms with van der Waals surface area (Å²) in [5.74, 6) is -0.231. The van der Waals surface area contributed by atoms with E-state index in [1.54, 1.807) is 7.11 Å². The summed E-state index contributed by atoms with van der Waals surface area (Å²) in [7, 11) is 1.63.